The Morgan fingerprint density at radius 1 is 0.696 bits per heavy atom. The molecular formula is C55H71N7O7. The molecule has 9 atom stereocenters. The Morgan fingerprint density at radius 2 is 1.25 bits per heavy atom. The lowest BCUT2D eigenvalue weighted by Gasteiger charge is -2.33. The van der Waals surface area contributed by atoms with Gasteiger partial charge in [-0.05, 0) is 139 Å². The SMILES string of the molecule is CCN[C@@H](C)C(=O)C[C@H](C(=O)N1CCC[C@H]1C(=O)N[C@@H]1CCCc2ccccc21)c1ccc(C#CCO[C@H](C)[C@H](NC(=O)[C@H](C)NC)C(=O)N2CCC[C@H]2C(=O)N[C@@H]2CCCc3ccccc32)cc1. The fourth-order valence-electron chi connectivity index (χ4n) is 10.5. The zero-order chi connectivity index (χ0) is 49.0. The number of ketones is 1. The number of ether oxygens (including phenoxy) is 1. The second-order valence-electron chi connectivity index (χ2n) is 19.1. The summed E-state index contributed by atoms with van der Waals surface area (Å²) in [6.07, 6.45) is 7.18. The fourth-order valence-corrected chi connectivity index (χ4v) is 10.5. The molecule has 69 heavy (non-hydrogen) atoms. The molecule has 0 spiro atoms. The van der Waals surface area contributed by atoms with E-state index in [1.165, 1.54) is 11.1 Å². The van der Waals surface area contributed by atoms with Gasteiger partial charge in [0, 0.05) is 25.1 Å². The summed E-state index contributed by atoms with van der Waals surface area (Å²) in [5, 5.41) is 15.5. The highest BCUT2D eigenvalue weighted by molar-refractivity contribution is 5.96. The Kier molecular flexibility index (Phi) is 17.8. The van der Waals surface area contributed by atoms with E-state index in [1.807, 2.05) is 43.3 Å². The minimum Gasteiger partial charge on any atom is -0.363 e. The van der Waals surface area contributed by atoms with Crippen LogP contribution in [0.1, 0.15) is 137 Å². The Balaban J connectivity index is 1.01. The van der Waals surface area contributed by atoms with E-state index in [0.29, 0.717) is 56.4 Å². The van der Waals surface area contributed by atoms with E-state index in [4.69, 9.17) is 4.74 Å². The van der Waals surface area contributed by atoms with Crippen molar-refractivity contribution in [2.45, 2.75) is 153 Å². The smallest absolute Gasteiger partial charge is 0.248 e. The van der Waals surface area contributed by atoms with Crippen LogP contribution in [-0.2, 0) is 46.3 Å². The standard InChI is InChI=1S/C55H71N7O7/c1-6-57-35(2)49(63)34-44(54(67)61-31-13-25-47(61)52(65)58-45-23-11-19-39-17-7-9-21-42(39)45)41-29-27-38(28-30-41)16-15-33-69-37(4)50(60-51(64)36(3)56-5)55(68)62-32-14-26-48(62)53(66)59-46-24-12-20-40-18-8-10-22-43(40)46/h7-10,17-18,21-22,27-30,35-37,44-48,50,56-57H,6,11-14,19-20,23-26,31-34H2,1-5H3,(H,58,65)(H,59,66)(H,60,64)/t35-,36-,37+,44-,45+,46+,47-,48-,50-/m0/s1. The van der Waals surface area contributed by atoms with Gasteiger partial charge in [-0.1, -0.05) is 79.4 Å². The molecule has 2 aliphatic carbocycles. The van der Waals surface area contributed by atoms with Crippen LogP contribution in [0, 0.1) is 11.8 Å². The number of amides is 5. The van der Waals surface area contributed by atoms with E-state index in [-0.39, 0.29) is 60.4 Å². The molecule has 2 heterocycles. The highest BCUT2D eigenvalue weighted by atomic mass is 16.5. The van der Waals surface area contributed by atoms with Crippen LogP contribution in [0.5, 0.6) is 0 Å². The molecule has 368 valence electrons. The van der Waals surface area contributed by atoms with E-state index >= 15 is 0 Å². The zero-order valence-electron chi connectivity index (χ0n) is 41.0. The summed E-state index contributed by atoms with van der Waals surface area (Å²) in [6.45, 7) is 8.51. The monoisotopic (exact) mass is 942 g/mol. The molecule has 14 heteroatoms. The molecule has 3 aromatic rings. The molecule has 3 aromatic carbocycles. The first-order valence-corrected chi connectivity index (χ1v) is 25.2. The van der Waals surface area contributed by atoms with Crippen molar-refractivity contribution in [3.8, 4) is 11.8 Å². The van der Waals surface area contributed by atoms with Crippen molar-refractivity contribution in [2.24, 2.45) is 0 Å². The number of benzene rings is 3. The number of likely N-dealkylation sites (N-methyl/N-ethyl adjacent to an activating group) is 2. The number of nitrogens with zero attached hydrogens (tertiary/aromatic N) is 2. The van der Waals surface area contributed by atoms with Gasteiger partial charge in [-0.25, -0.2) is 0 Å². The molecule has 2 aliphatic heterocycles. The maximum atomic E-state index is 14.6. The molecule has 2 fully saturated rings. The number of likely N-dealkylation sites (tertiary alicyclic amines) is 2. The lowest BCUT2D eigenvalue weighted by Crippen LogP contribution is -2.59. The van der Waals surface area contributed by atoms with Crippen LogP contribution in [0.2, 0.25) is 0 Å². The van der Waals surface area contributed by atoms with Gasteiger partial charge in [0.1, 0.15) is 24.7 Å². The number of rotatable bonds is 18. The maximum Gasteiger partial charge on any atom is 0.248 e. The van der Waals surface area contributed by atoms with Gasteiger partial charge < -0.3 is 41.1 Å². The summed E-state index contributed by atoms with van der Waals surface area (Å²) in [6, 6.07) is 20.0. The van der Waals surface area contributed by atoms with Crippen molar-refractivity contribution >= 4 is 35.3 Å². The van der Waals surface area contributed by atoms with E-state index in [9.17, 15) is 28.8 Å². The van der Waals surface area contributed by atoms with Crippen molar-refractivity contribution in [3.05, 3.63) is 106 Å². The third-order valence-corrected chi connectivity index (χ3v) is 14.6. The van der Waals surface area contributed by atoms with Gasteiger partial charge in [-0.2, -0.15) is 0 Å². The third-order valence-electron chi connectivity index (χ3n) is 14.6. The number of carbonyl (C=O) groups excluding carboxylic acids is 6. The van der Waals surface area contributed by atoms with Crippen molar-refractivity contribution < 1.29 is 33.5 Å². The minimum absolute atomic E-state index is 0.0218. The minimum atomic E-state index is -1.07. The van der Waals surface area contributed by atoms with Crippen LogP contribution in [0.25, 0.3) is 0 Å². The third kappa shape index (κ3) is 12.5. The van der Waals surface area contributed by atoms with Gasteiger partial charge in [-0.3, -0.25) is 28.8 Å². The molecule has 2 saturated heterocycles. The normalized spacial score (nSPS) is 21.8. The highest BCUT2D eigenvalue weighted by Crippen LogP contribution is 2.33. The molecule has 0 bridgehead atoms. The van der Waals surface area contributed by atoms with Gasteiger partial charge in [0.2, 0.25) is 29.5 Å². The molecule has 0 unspecified atom stereocenters. The van der Waals surface area contributed by atoms with Gasteiger partial charge in [0.05, 0.1) is 36.2 Å². The van der Waals surface area contributed by atoms with E-state index < -0.39 is 42.2 Å². The average Bonchev–Trinajstić information content (AvgIpc) is 4.08. The molecule has 0 saturated carbocycles. The predicted octanol–water partition coefficient (Wildman–Crippen LogP) is 4.95. The summed E-state index contributed by atoms with van der Waals surface area (Å²) >= 11 is 0. The van der Waals surface area contributed by atoms with Gasteiger partial charge in [0.25, 0.3) is 0 Å². The summed E-state index contributed by atoms with van der Waals surface area (Å²) in [5.41, 5.74) is 6.04. The molecule has 0 aromatic heterocycles. The van der Waals surface area contributed by atoms with Crippen LogP contribution in [0.3, 0.4) is 0 Å². The molecule has 7 rings (SSSR count). The van der Waals surface area contributed by atoms with Crippen LogP contribution in [0.4, 0.5) is 0 Å². The molecule has 5 N–H and O–H groups in total. The number of nitrogens with one attached hydrogen (secondary N) is 5. The number of Topliss-reactive ketones (excluding diaryl/α,β-unsaturated/α-hetero) is 1. The number of aryl methyl sites for hydroxylation is 2. The van der Waals surface area contributed by atoms with Gasteiger partial charge in [0.15, 0.2) is 5.78 Å². The lowest BCUT2D eigenvalue weighted by atomic mass is 9.87. The zero-order valence-corrected chi connectivity index (χ0v) is 41.0. The summed E-state index contributed by atoms with van der Waals surface area (Å²) < 4.78 is 6.12. The Morgan fingerprint density at radius 3 is 1.80 bits per heavy atom. The van der Waals surface area contributed by atoms with Crippen LogP contribution in [0.15, 0.2) is 72.8 Å². The lowest BCUT2D eigenvalue weighted by molar-refractivity contribution is -0.145. The first-order chi connectivity index (χ1) is 33.4. The van der Waals surface area contributed by atoms with Crippen LogP contribution >= 0.6 is 0 Å². The number of hydrogen-bond donors (Lipinski definition) is 5. The topological polar surface area (TPSA) is 178 Å². The molecule has 4 aliphatic rings. The summed E-state index contributed by atoms with van der Waals surface area (Å²) in [7, 11) is 1.66. The Labute approximate surface area is 407 Å². The fraction of sp³-hybridized carbons (Fsp3) is 0.527. The largest absolute Gasteiger partial charge is 0.363 e. The average molecular weight is 942 g/mol. The van der Waals surface area contributed by atoms with Gasteiger partial charge in [-0.15, -0.1) is 0 Å². The summed E-state index contributed by atoms with van der Waals surface area (Å²) in [5.74, 6) is 3.89. The Hall–Kier alpha value is -5.88. The molecule has 14 nitrogen and oxygen atoms in total. The van der Waals surface area contributed by atoms with E-state index in [0.717, 1.165) is 49.7 Å². The summed E-state index contributed by atoms with van der Waals surface area (Å²) in [4.78, 5) is 86.6. The van der Waals surface area contributed by atoms with E-state index in [1.54, 1.807) is 49.8 Å². The predicted molar refractivity (Wildman–Crippen MR) is 265 cm³/mol. The number of hydrogen-bond acceptors (Lipinski definition) is 9. The number of carbonyl (C=O) groups is 6. The quantitative estimate of drug-likeness (QED) is 0.111. The molecule has 5 amide bonds. The first kappa shape index (κ1) is 51.0. The van der Waals surface area contributed by atoms with Crippen molar-refractivity contribution in [1.29, 1.82) is 0 Å². The van der Waals surface area contributed by atoms with Gasteiger partial charge >= 0.3 is 0 Å². The van der Waals surface area contributed by atoms with Crippen LogP contribution in [-0.4, -0.2) is 115 Å². The highest BCUT2D eigenvalue weighted by Gasteiger charge is 2.42. The molecule has 0 radical (unpaired) electrons. The van der Waals surface area contributed by atoms with Crippen molar-refractivity contribution in [3.63, 3.8) is 0 Å². The Bertz CT molecular complexity index is 2380. The van der Waals surface area contributed by atoms with Crippen molar-refractivity contribution in [2.75, 3.05) is 33.3 Å². The second-order valence-corrected chi connectivity index (χ2v) is 19.1. The van der Waals surface area contributed by atoms with Crippen LogP contribution < -0.4 is 26.6 Å². The number of fused-ring (bicyclic) bond motifs is 2. The van der Waals surface area contributed by atoms with E-state index in [2.05, 4.69) is 62.7 Å². The van der Waals surface area contributed by atoms with Crippen molar-refractivity contribution in [1.82, 2.24) is 36.4 Å². The maximum absolute atomic E-state index is 14.6. The second kappa shape index (κ2) is 24.1. The molecular weight excluding hydrogens is 871 g/mol. The first-order valence-electron chi connectivity index (χ1n) is 25.2.